The van der Waals surface area contributed by atoms with E-state index in [1.54, 1.807) is 6.92 Å². The molecule has 2 saturated heterocycles. The number of hydrogen-bond acceptors (Lipinski definition) is 16. The largest absolute Gasteiger partial charge is 0.371 e. The smallest absolute Gasteiger partial charge is 0.315 e. The standard InChI is InChI=1S/C34H61N5O8S.C32H58N6O8S.CH4/c1-11-12-18-25(29(41)22(2)40)35-30(42)26-19-24(47-34(6,7)8)20-39(26)31(43)28(23-16-14-13-15-17-23)37-32(44)36-27(33(3,4)5)21-38(9)48(10,45)46;1-10-14-22(26(39)27(33)40)34-28(41)23-17-21(46-32(5,6)7)18-38(23)29(42)25(20-15-12-11-13-16-20)36-30(43)35-24(31(2,3)4)19-37(8)47(9,44)45;/h23-28H,11-21H2,1-10H3,(H,35,42)(H2,36,37,44);20-25H,10-19H2,1-9H3,(H2,33,40)(H,34,41)(H2,35,36,43);1H4/t24-,25?,26+,27-,28+;21-,22?,23+,24-,25+;/m11./s1. The van der Waals surface area contributed by atoms with Gasteiger partial charge in [0.05, 0.1) is 48.0 Å². The lowest BCUT2D eigenvalue weighted by Gasteiger charge is -2.37. The number of unbranched alkanes of at least 4 members (excludes halogenated alkanes) is 1. The van der Waals surface area contributed by atoms with Crippen LogP contribution in [0.2, 0.25) is 0 Å². The third-order valence-electron chi connectivity index (χ3n) is 18.1. The molecule has 4 aliphatic rings. The van der Waals surface area contributed by atoms with Gasteiger partial charge in [0.2, 0.25) is 55.2 Å². The van der Waals surface area contributed by atoms with E-state index in [0.717, 1.165) is 70.3 Å². The fraction of sp³-hybridized carbons (Fsp3) is 0.851. The highest BCUT2D eigenvalue weighted by Gasteiger charge is 2.49. The van der Waals surface area contributed by atoms with Crippen molar-refractivity contribution in [3.8, 4) is 0 Å². The van der Waals surface area contributed by atoms with Crippen molar-refractivity contribution >= 4 is 79.0 Å². The van der Waals surface area contributed by atoms with E-state index in [-0.39, 0.29) is 64.7 Å². The second-order valence-corrected chi connectivity index (χ2v) is 35.0. The molecule has 2 unspecified atom stereocenters. The van der Waals surface area contributed by atoms with Crippen LogP contribution in [0.1, 0.15) is 220 Å². The molecule has 9 amide bonds. The number of urea groups is 2. The highest BCUT2D eigenvalue weighted by Crippen LogP contribution is 2.34. The monoisotopic (exact) mass is 1400 g/mol. The first-order chi connectivity index (χ1) is 43.6. The minimum atomic E-state index is -3.51. The van der Waals surface area contributed by atoms with Crippen molar-refractivity contribution in [3.05, 3.63) is 0 Å². The number of carbonyl (C=O) groups excluding carboxylic acids is 10. The summed E-state index contributed by atoms with van der Waals surface area (Å²) < 4.78 is 63.4. The minimum Gasteiger partial charge on any atom is -0.371 e. The van der Waals surface area contributed by atoms with Crippen LogP contribution in [0.3, 0.4) is 0 Å². The lowest BCUT2D eigenvalue weighted by molar-refractivity contribution is -0.143. The Balaban J connectivity index is 0.000000647. The molecular formula is C67H123N11O16S2. The van der Waals surface area contributed by atoms with Gasteiger partial charge < -0.3 is 56.9 Å². The molecule has 2 aliphatic carbocycles. The normalized spacial score (nSPS) is 21.2. The number of amides is 9. The summed E-state index contributed by atoms with van der Waals surface area (Å²) in [5, 5.41) is 17.0. The number of carbonyl (C=O) groups is 10. The molecule has 0 aromatic heterocycles. The zero-order valence-electron chi connectivity index (χ0n) is 60.5. The average molecular weight is 1400 g/mol. The van der Waals surface area contributed by atoms with Crippen LogP contribution in [0.15, 0.2) is 0 Å². The molecule has 554 valence electrons. The Morgan fingerprint density at radius 2 is 0.865 bits per heavy atom. The van der Waals surface area contributed by atoms with E-state index in [1.807, 2.05) is 90.0 Å². The first kappa shape index (κ1) is 86.7. The Morgan fingerprint density at radius 3 is 1.15 bits per heavy atom. The molecule has 8 N–H and O–H groups in total. The SMILES string of the molecule is C.CCCC(NC(=O)[C@@H]1C[C@@H](OC(C)(C)C)CN1C(=O)[C@@H](NC(=O)N[C@H](CN(C)S(C)(=O)=O)C(C)(C)C)C1CCCCC1)C(=O)C(N)=O.CCCCC(NC(=O)[C@@H]1C[C@@H](OC(C)(C)C)CN1C(=O)[C@@H](NC(=O)N[C@H](CN(C)S(C)(=O)=O)C(C)(C)C)C1CCCCC1)C(=O)C(C)=O. The van der Waals surface area contributed by atoms with Gasteiger partial charge in [-0.2, -0.15) is 0 Å². The van der Waals surface area contributed by atoms with Gasteiger partial charge in [0.15, 0.2) is 5.78 Å². The number of nitrogens with zero attached hydrogens (tertiary/aromatic N) is 4. The molecule has 2 saturated carbocycles. The van der Waals surface area contributed by atoms with Crippen LogP contribution in [0.25, 0.3) is 0 Å². The molecule has 0 spiro atoms. The van der Waals surface area contributed by atoms with Crippen LogP contribution < -0.4 is 37.6 Å². The number of ether oxygens (including phenoxy) is 2. The van der Waals surface area contributed by atoms with E-state index in [4.69, 9.17) is 15.2 Å². The summed E-state index contributed by atoms with van der Waals surface area (Å²) in [7, 11) is -4.12. The average Bonchev–Trinajstić information content (AvgIpc) is 1.58. The molecular weight excluding hydrogens is 1280 g/mol. The molecule has 4 rings (SSSR count). The number of Topliss-reactive ketones (excluding diaryl/α,β-unsaturated/α-hetero) is 3. The maximum Gasteiger partial charge on any atom is 0.315 e. The van der Waals surface area contributed by atoms with Gasteiger partial charge in [0.25, 0.3) is 5.91 Å². The summed E-state index contributed by atoms with van der Waals surface area (Å²) in [6.45, 7) is 27.8. The van der Waals surface area contributed by atoms with Crippen LogP contribution in [0.4, 0.5) is 9.59 Å². The number of sulfonamides is 2. The molecule has 2 heterocycles. The maximum absolute atomic E-state index is 14.5. The van der Waals surface area contributed by atoms with Crippen molar-refractivity contribution in [2.24, 2.45) is 28.4 Å². The Hall–Kier alpha value is -5.36. The molecule has 2 aliphatic heterocycles. The van der Waals surface area contributed by atoms with Gasteiger partial charge in [-0.3, -0.25) is 38.4 Å². The van der Waals surface area contributed by atoms with Crippen LogP contribution >= 0.6 is 0 Å². The van der Waals surface area contributed by atoms with Crippen molar-refractivity contribution in [3.63, 3.8) is 0 Å². The topological polar surface area (TPSA) is 369 Å². The van der Waals surface area contributed by atoms with Crippen LogP contribution in [0, 0.1) is 22.7 Å². The molecule has 0 aromatic rings. The van der Waals surface area contributed by atoms with E-state index in [0.29, 0.717) is 32.1 Å². The van der Waals surface area contributed by atoms with Crippen molar-refractivity contribution in [1.29, 1.82) is 0 Å². The van der Waals surface area contributed by atoms with E-state index in [2.05, 4.69) is 31.9 Å². The summed E-state index contributed by atoms with van der Waals surface area (Å²) in [4.78, 5) is 136. The maximum atomic E-state index is 14.5. The van der Waals surface area contributed by atoms with E-state index in [9.17, 15) is 64.8 Å². The number of nitrogens with one attached hydrogen (secondary N) is 6. The zero-order chi connectivity index (χ0) is 72.5. The molecule has 10 atom stereocenters. The summed E-state index contributed by atoms with van der Waals surface area (Å²) >= 11 is 0. The highest BCUT2D eigenvalue weighted by atomic mass is 32.2. The van der Waals surface area contributed by atoms with Gasteiger partial charge in [0, 0.05) is 72.1 Å². The van der Waals surface area contributed by atoms with Crippen LogP contribution in [-0.2, 0) is 67.9 Å². The van der Waals surface area contributed by atoms with E-state index in [1.165, 1.54) is 39.4 Å². The molecule has 27 nitrogen and oxygen atoms in total. The quantitative estimate of drug-likeness (QED) is 0.0457. The first-order valence-electron chi connectivity index (χ1n) is 34.0. The lowest BCUT2D eigenvalue weighted by Crippen LogP contribution is -2.60. The van der Waals surface area contributed by atoms with Crippen molar-refractivity contribution in [1.82, 2.24) is 50.3 Å². The molecule has 4 fully saturated rings. The first-order valence-corrected chi connectivity index (χ1v) is 37.7. The number of rotatable bonds is 29. The Bertz CT molecular complexity index is 2870. The second kappa shape index (κ2) is 37.2. The van der Waals surface area contributed by atoms with Gasteiger partial charge in [-0.15, -0.1) is 0 Å². The van der Waals surface area contributed by atoms with Gasteiger partial charge in [-0.05, 0) is 103 Å². The Morgan fingerprint density at radius 1 is 0.521 bits per heavy atom. The molecule has 29 heteroatoms. The summed E-state index contributed by atoms with van der Waals surface area (Å²) in [6, 6.07) is -8.40. The number of likely N-dealkylation sites (tertiary alicyclic amines) is 2. The van der Waals surface area contributed by atoms with Crippen LogP contribution in [-0.4, -0.2) is 219 Å². The van der Waals surface area contributed by atoms with Crippen molar-refractivity contribution in [2.75, 3.05) is 52.8 Å². The third kappa shape index (κ3) is 28.1. The van der Waals surface area contributed by atoms with Gasteiger partial charge in [-0.1, -0.05) is 121 Å². The lowest BCUT2D eigenvalue weighted by atomic mass is 9.83. The predicted octanol–water partition coefficient (Wildman–Crippen LogP) is 5.46. The zero-order valence-corrected chi connectivity index (χ0v) is 62.1. The number of ketones is 3. The van der Waals surface area contributed by atoms with E-state index >= 15 is 0 Å². The van der Waals surface area contributed by atoms with Crippen molar-refractivity contribution in [2.45, 2.75) is 292 Å². The fourth-order valence-corrected chi connectivity index (χ4v) is 13.4. The number of primary amides is 1. The molecule has 96 heavy (non-hydrogen) atoms. The number of likely N-dealkylation sites (N-methyl/N-ethyl adjacent to an activating group) is 2. The molecule has 0 bridgehead atoms. The Kier molecular flexibility index (Phi) is 33.6. The molecule has 0 aromatic carbocycles. The predicted molar refractivity (Wildman–Crippen MR) is 370 cm³/mol. The second-order valence-electron chi connectivity index (χ2n) is 30.8. The van der Waals surface area contributed by atoms with Crippen molar-refractivity contribution < 1.29 is 74.3 Å². The fourth-order valence-electron chi connectivity index (χ4n) is 12.5. The summed E-state index contributed by atoms with van der Waals surface area (Å²) in [5.41, 5.74) is 3.08. The highest BCUT2D eigenvalue weighted by molar-refractivity contribution is 7.88. The minimum absolute atomic E-state index is 0. The summed E-state index contributed by atoms with van der Waals surface area (Å²) in [6.07, 6.45) is 12.4. The number of nitrogens with two attached hydrogens (primary N) is 1. The van der Waals surface area contributed by atoms with E-state index < -0.39 is 162 Å². The van der Waals surface area contributed by atoms with Crippen LogP contribution in [0.5, 0.6) is 0 Å². The Labute approximate surface area is 574 Å². The summed E-state index contributed by atoms with van der Waals surface area (Å²) in [5.74, 6) is -5.75. The van der Waals surface area contributed by atoms with Gasteiger partial charge >= 0.3 is 12.1 Å². The number of hydrogen-bond donors (Lipinski definition) is 7. The third-order valence-corrected chi connectivity index (χ3v) is 20.6. The van der Waals surface area contributed by atoms with Gasteiger partial charge in [-0.25, -0.2) is 35.0 Å². The van der Waals surface area contributed by atoms with Gasteiger partial charge in [0.1, 0.15) is 24.2 Å². The molecule has 0 radical (unpaired) electrons.